The zero-order valence-corrected chi connectivity index (χ0v) is 12.5. The molecule has 0 aromatic heterocycles. The Morgan fingerprint density at radius 1 is 1.41 bits per heavy atom. The first-order valence-corrected chi connectivity index (χ1v) is 5.02. The number of nitrogens with two attached hydrogens (primary N) is 1. The lowest BCUT2D eigenvalue weighted by Gasteiger charge is -2.17. The van der Waals surface area contributed by atoms with Gasteiger partial charge in [-0.2, -0.15) is 13.2 Å². The third-order valence-electron chi connectivity index (χ3n) is 1.65. The zero-order valence-electron chi connectivity index (χ0n) is 10.2. The van der Waals surface area contributed by atoms with Crippen molar-refractivity contribution in [1.82, 2.24) is 10.2 Å². The number of guanidine groups is 1. The fourth-order valence-corrected chi connectivity index (χ4v) is 1.07. The van der Waals surface area contributed by atoms with Crippen molar-refractivity contribution < 1.29 is 13.2 Å². The number of nitrogens with zero attached hydrogens (tertiary/aromatic N) is 2. The van der Waals surface area contributed by atoms with Crippen LogP contribution in [0.2, 0.25) is 0 Å². The summed E-state index contributed by atoms with van der Waals surface area (Å²) in [7, 11) is 1.40. The molecule has 0 aromatic carbocycles. The lowest BCUT2D eigenvalue weighted by molar-refractivity contribution is -0.142. The SMILES string of the molecule is CC(C)NC(N)=NCCN(C)CC(F)(F)F.I. The van der Waals surface area contributed by atoms with E-state index in [0.29, 0.717) is 0 Å². The molecular formula is C9H20F3IN4. The van der Waals surface area contributed by atoms with Gasteiger partial charge in [-0.05, 0) is 20.9 Å². The van der Waals surface area contributed by atoms with E-state index in [0.717, 1.165) is 4.90 Å². The lowest BCUT2D eigenvalue weighted by atomic mass is 10.4. The molecule has 0 aliphatic carbocycles. The van der Waals surface area contributed by atoms with Crippen molar-refractivity contribution in [1.29, 1.82) is 0 Å². The van der Waals surface area contributed by atoms with Gasteiger partial charge in [0.1, 0.15) is 0 Å². The van der Waals surface area contributed by atoms with Crippen LogP contribution in [-0.4, -0.2) is 49.8 Å². The van der Waals surface area contributed by atoms with Crippen LogP contribution in [0.5, 0.6) is 0 Å². The summed E-state index contributed by atoms with van der Waals surface area (Å²) in [5, 5.41) is 2.85. The van der Waals surface area contributed by atoms with Gasteiger partial charge in [-0.15, -0.1) is 24.0 Å². The Kier molecular flexibility index (Phi) is 9.87. The van der Waals surface area contributed by atoms with Gasteiger partial charge in [0.15, 0.2) is 5.96 Å². The van der Waals surface area contributed by atoms with Crippen molar-refractivity contribution in [3.8, 4) is 0 Å². The summed E-state index contributed by atoms with van der Waals surface area (Å²) in [5.74, 6) is 0.260. The maximum Gasteiger partial charge on any atom is 0.401 e. The van der Waals surface area contributed by atoms with Gasteiger partial charge in [-0.25, -0.2) is 0 Å². The minimum absolute atomic E-state index is 0. The van der Waals surface area contributed by atoms with Gasteiger partial charge in [0, 0.05) is 12.6 Å². The van der Waals surface area contributed by atoms with Crippen LogP contribution < -0.4 is 11.1 Å². The summed E-state index contributed by atoms with van der Waals surface area (Å²) in [6, 6.07) is 0.164. The number of hydrogen-bond donors (Lipinski definition) is 2. The molecular weight excluding hydrogens is 348 g/mol. The Labute approximate surface area is 117 Å². The van der Waals surface area contributed by atoms with Crippen LogP contribution >= 0.6 is 24.0 Å². The maximum absolute atomic E-state index is 11.9. The van der Waals surface area contributed by atoms with Crippen LogP contribution in [0.4, 0.5) is 13.2 Å². The van der Waals surface area contributed by atoms with Gasteiger partial charge in [0.2, 0.25) is 0 Å². The van der Waals surface area contributed by atoms with E-state index in [1.165, 1.54) is 7.05 Å². The molecule has 0 fully saturated rings. The number of nitrogens with one attached hydrogen (secondary N) is 1. The average molecular weight is 368 g/mol. The quantitative estimate of drug-likeness (QED) is 0.439. The Balaban J connectivity index is 0. The number of halogens is 4. The molecule has 0 saturated heterocycles. The third-order valence-corrected chi connectivity index (χ3v) is 1.65. The molecule has 0 spiro atoms. The summed E-state index contributed by atoms with van der Waals surface area (Å²) in [4.78, 5) is 5.07. The Bertz CT molecular complexity index is 231. The van der Waals surface area contributed by atoms with Crippen LogP contribution in [0.3, 0.4) is 0 Å². The molecule has 0 atom stereocenters. The molecule has 0 unspecified atom stereocenters. The maximum atomic E-state index is 11.9. The van der Waals surface area contributed by atoms with E-state index in [1.807, 2.05) is 13.8 Å². The summed E-state index contributed by atoms with van der Waals surface area (Å²) in [5.41, 5.74) is 5.49. The van der Waals surface area contributed by atoms with Crippen LogP contribution in [0.1, 0.15) is 13.8 Å². The molecule has 8 heteroatoms. The Morgan fingerprint density at radius 2 is 1.94 bits per heavy atom. The van der Waals surface area contributed by atoms with Crippen molar-refractivity contribution >= 4 is 29.9 Å². The van der Waals surface area contributed by atoms with Crippen molar-refractivity contribution in [3.63, 3.8) is 0 Å². The topological polar surface area (TPSA) is 53.6 Å². The highest BCUT2D eigenvalue weighted by atomic mass is 127. The van der Waals surface area contributed by atoms with E-state index in [2.05, 4.69) is 10.3 Å². The first-order chi connectivity index (χ1) is 7.20. The van der Waals surface area contributed by atoms with Gasteiger partial charge >= 0.3 is 6.18 Å². The summed E-state index contributed by atoms with van der Waals surface area (Å²) >= 11 is 0. The van der Waals surface area contributed by atoms with Crippen molar-refractivity contribution in [2.24, 2.45) is 10.7 Å². The van der Waals surface area contributed by atoms with Crippen molar-refractivity contribution in [2.45, 2.75) is 26.1 Å². The number of aliphatic imine (C=N–C) groups is 1. The number of likely N-dealkylation sites (N-methyl/N-ethyl adjacent to an activating group) is 1. The predicted molar refractivity (Wildman–Crippen MR) is 73.7 cm³/mol. The van der Waals surface area contributed by atoms with Crippen molar-refractivity contribution in [3.05, 3.63) is 0 Å². The first-order valence-electron chi connectivity index (χ1n) is 5.02. The lowest BCUT2D eigenvalue weighted by Crippen LogP contribution is -2.38. The van der Waals surface area contributed by atoms with Gasteiger partial charge in [-0.1, -0.05) is 0 Å². The molecule has 17 heavy (non-hydrogen) atoms. The van der Waals surface area contributed by atoms with Gasteiger partial charge in [-0.3, -0.25) is 9.89 Å². The minimum atomic E-state index is -4.17. The Morgan fingerprint density at radius 3 is 2.35 bits per heavy atom. The predicted octanol–water partition coefficient (Wildman–Crippen LogP) is 1.41. The smallest absolute Gasteiger partial charge is 0.370 e. The van der Waals surface area contributed by atoms with Crippen LogP contribution in [0.25, 0.3) is 0 Å². The highest BCUT2D eigenvalue weighted by Crippen LogP contribution is 2.14. The van der Waals surface area contributed by atoms with Gasteiger partial charge in [0.25, 0.3) is 0 Å². The largest absolute Gasteiger partial charge is 0.401 e. The van der Waals surface area contributed by atoms with Gasteiger partial charge < -0.3 is 11.1 Å². The summed E-state index contributed by atoms with van der Waals surface area (Å²) in [6.45, 7) is 3.34. The van der Waals surface area contributed by atoms with E-state index in [9.17, 15) is 13.2 Å². The molecule has 0 rings (SSSR count). The normalized spacial score (nSPS) is 12.8. The standard InChI is InChI=1S/C9H19F3N4.HI/c1-7(2)15-8(13)14-4-5-16(3)6-9(10,11)12;/h7H,4-6H2,1-3H3,(H3,13,14,15);1H. The fraction of sp³-hybridized carbons (Fsp3) is 0.889. The fourth-order valence-electron chi connectivity index (χ4n) is 1.07. The second-order valence-electron chi connectivity index (χ2n) is 3.92. The molecule has 104 valence electrons. The number of alkyl halides is 3. The van der Waals surface area contributed by atoms with Crippen LogP contribution in [0.15, 0.2) is 4.99 Å². The Hall–Kier alpha value is -0.250. The molecule has 0 aliphatic rings. The average Bonchev–Trinajstić information content (AvgIpc) is 1.98. The number of rotatable bonds is 5. The zero-order chi connectivity index (χ0) is 12.8. The molecule has 0 saturated carbocycles. The van der Waals surface area contributed by atoms with Crippen molar-refractivity contribution in [2.75, 3.05) is 26.7 Å². The highest BCUT2D eigenvalue weighted by molar-refractivity contribution is 14.0. The molecule has 0 amide bonds. The first kappa shape index (κ1) is 19.1. The molecule has 0 heterocycles. The van der Waals surface area contributed by atoms with E-state index in [1.54, 1.807) is 0 Å². The summed E-state index contributed by atoms with van der Waals surface area (Å²) < 4.78 is 35.8. The minimum Gasteiger partial charge on any atom is -0.370 e. The summed E-state index contributed by atoms with van der Waals surface area (Å²) in [6.07, 6.45) is -4.17. The molecule has 0 bridgehead atoms. The van der Waals surface area contributed by atoms with E-state index >= 15 is 0 Å². The molecule has 0 aromatic rings. The van der Waals surface area contributed by atoms with E-state index in [-0.39, 0.29) is 49.1 Å². The van der Waals surface area contributed by atoms with E-state index < -0.39 is 12.7 Å². The second kappa shape index (κ2) is 8.78. The highest BCUT2D eigenvalue weighted by Gasteiger charge is 2.28. The molecule has 3 N–H and O–H groups in total. The van der Waals surface area contributed by atoms with E-state index in [4.69, 9.17) is 5.73 Å². The third kappa shape index (κ3) is 13.7. The molecule has 0 radical (unpaired) electrons. The second-order valence-corrected chi connectivity index (χ2v) is 3.92. The van der Waals surface area contributed by atoms with Crippen LogP contribution in [-0.2, 0) is 0 Å². The molecule has 4 nitrogen and oxygen atoms in total. The number of hydrogen-bond acceptors (Lipinski definition) is 2. The van der Waals surface area contributed by atoms with Gasteiger partial charge in [0.05, 0.1) is 13.1 Å². The molecule has 0 aliphatic heterocycles. The monoisotopic (exact) mass is 368 g/mol. The van der Waals surface area contributed by atoms with Crippen LogP contribution in [0, 0.1) is 0 Å².